The molecule has 122 valence electrons. The van der Waals surface area contributed by atoms with E-state index in [1.165, 1.54) is 0 Å². The first-order chi connectivity index (χ1) is 10.9. The van der Waals surface area contributed by atoms with Crippen LogP contribution in [0.15, 0.2) is 30.3 Å². The largest absolute Gasteiger partial charge is 0.497 e. The van der Waals surface area contributed by atoms with Crippen molar-refractivity contribution in [2.75, 3.05) is 7.11 Å². The van der Waals surface area contributed by atoms with Crippen LogP contribution in [0.1, 0.15) is 24.3 Å². The Hall–Kier alpha value is -2.83. The number of carboxylic acid groups (broad SMARTS) is 1. The third-order valence-electron chi connectivity index (χ3n) is 3.41. The first-order valence-corrected chi connectivity index (χ1v) is 7.16. The van der Waals surface area contributed by atoms with E-state index in [2.05, 4.69) is 15.5 Å². The maximum Gasteiger partial charge on any atom is 0.326 e. The molecule has 1 amide bonds. The summed E-state index contributed by atoms with van der Waals surface area (Å²) in [4.78, 5) is 23.3. The smallest absolute Gasteiger partial charge is 0.326 e. The van der Waals surface area contributed by atoms with Crippen LogP contribution in [0.5, 0.6) is 5.75 Å². The Morgan fingerprint density at radius 3 is 2.65 bits per heavy atom. The zero-order chi connectivity index (χ0) is 17.0. The molecule has 1 atom stereocenters. The summed E-state index contributed by atoms with van der Waals surface area (Å²) in [6.45, 7) is 3.46. The molecule has 0 aliphatic carbocycles. The van der Waals surface area contributed by atoms with Gasteiger partial charge in [0.05, 0.1) is 12.8 Å². The second-order valence-electron chi connectivity index (χ2n) is 5.43. The van der Waals surface area contributed by atoms with Crippen LogP contribution in [0.25, 0.3) is 11.3 Å². The highest BCUT2D eigenvalue weighted by molar-refractivity contribution is 5.95. The summed E-state index contributed by atoms with van der Waals surface area (Å²) in [7, 11) is 1.57. The molecule has 7 heteroatoms. The lowest BCUT2D eigenvalue weighted by atomic mass is 10.0. The SMILES string of the molecule is COc1cccc(-c2cc(C(=O)N[C@H](C(=O)O)C(C)C)[nH]n2)c1. The Kier molecular flexibility index (Phi) is 5.00. The summed E-state index contributed by atoms with van der Waals surface area (Å²) >= 11 is 0. The van der Waals surface area contributed by atoms with Crippen molar-refractivity contribution in [2.24, 2.45) is 5.92 Å². The Bertz CT molecular complexity index is 709. The number of carbonyl (C=O) groups is 2. The van der Waals surface area contributed by atoms with Gasteiger partial charge < -0.3 is 15.2 Å². The third kappa shape index (κ3) is 3.88. The number of nitrogens with zero attached hydrogens (tertiary/aromatic N) is 1. The van der Waals surface area contributed by atoms with E-state index < -0.39 is 17.9 Å². The predicted molar refractivity (Wildman–Crippen MR) is 84.3 cm³/mol. The van der Waals surface area contributed by atoms with Gasteiger partial charge in [0.15, 0.2) is 0 Å². The highest BCUT2D eigenvalue weighted by Crippen LogP contribution is 2.22. The molecule has 0 spiro atoms. The summed E-state index contributed by atoms with van der Waals surface area (Å²) in [5.41, 5.74) is 1.57. The highest BCUT2D eigenvalue weighted by atomic mass is 16.5. The number of carboxylic acids is 1. The fraction of sp³-hybridized carbons (Fsp3) is 0.312. The predicted octanol–water partition coefficient (Wildman–Crippen LogP) is 1.92. The van der Waals surface area contributed by atoms with Crippen molar-refractivity contribution < 1.29 is 19.4 Å². The van der Waals surface area contributed by atoms with Crippen LogP contribution in [-0.2, 0) is 4.79 Å². The van der Waals surface area contributed by atoms with Crippen LogP contribution < -0.4 is 10.1 Å². The number of ether oxygens (including phenoxy) is 1. The van der Waals surface area contributed by atoms with E-state index in [1.807, 2.05) is 18.2 Å². The number of amides is 1. The molecular formula is C16H19N3O4. The molecule has 2 aromatic rings. The average molecular weight is 317 g/mol. The van der Waals surface area contributed by atoms with Crippen LogP contribution >= 0.6 is 0 Å². The van der Waals surface area contributed by atoms with Gasteiger partial charge in [-0.1, -0.05) is 26.0 Å². The lowest BCUT2D eigenvalue weighted by Gasteiger charge is -2.17. The van der Waals surface area contributed by atoms with E-state index in [0.29, 0.717) is 11.4 Å². The van der Waals surface area contributed by atoms with Gasteiger partial charge in [-0.05, 0) is 24.1 Å². The Labute approximate surface area is 133 Å². The Balaban J connectivity index is 2.18. The van der Waals surface area contributed by atoms with Crippen LogP contribution in [0, 0.1) is 5.92 Å². The molecule has 0 radical (unpaired) electrons. The second kappa shape index (κ2) is 6.95. The van der Waals surface area contributed by atoms with Gasteiger partial charge in [0, 0.05) is 5.56 Å². The van der Waals surface area contributed by atoms with E-state index in [9.17, 15) is 9.59 Å². The zero-order valence-corrected chi connectivity index (χ0v) is 13.2. The number of carbonyl (C=O) groups excluding carboxylic acids is 1. The molecule has 1 heterocycles. The number of aromatic nitrogens is 2. The normalized spacial score (nSPS) is 12.0. The van der Waals surface area contributed by atoms with E-state index >= 15 is 0 Å². The molecule has 0 saturated heterocycles. The van der Waals surface area contributed by atoms with Crippen LogP contribution in [-0.4, -0.2) is 40.3 Å². The van der Waals surface area contributed by atoms with Crippen molar-refractivity contribution in [3.05, 3.63) is 36.0 Å². The quantitative estimate of drug-likeness (QED) is 0.755. The summed E-state index contributed by atoms with van der Waals surface area (Å²) < 4.78 is 5.15. The number of H-pyrrole nitrogens is 1. The highest BCUT2D eigenvalue weighted by Gasteiger charge is 2.24. The monoisotopic (exact) mass is 317 g/mol. The Morgan fingerprint density at radius 1 is 1.30 bits per heavy atom. The van der Waals surface area contributed by atoms with Gasteiger partial charge in [-0.2, -0.15) is 5.10 Å². The van der Waals surface area contributed by atoms with Crippen molar-refractivity contribution in [2.45, 2.75) is 19.9 Å². The number of hydrogen-bond acceptors (Lipinski definition) is 4. The van der Waals surface area contributed by atoms with Gasteiger partial charge in [0.2, 0.25) is 0 Å². The molecule has 3 N–H and O–H groups in total. The van der Waals surface area contributed by atoms with Crippen LogP contribution in [0.2, 0.25) is 0 Å². The van der Waals surface area contributed by atoms with Gasteiger partial charge >= 0.3 is 5.97 Å². The summed E-state index contributed by atoms with van der Waals surface area (Å²) in [6, 6.07) is 7.89. The minimum Gasteiger partial charge on any atom is -0.497 e. The van der Waals surface area contributed by atoms with E-state index in [-0.39, 0.29) is 11.6 Å². The fourth-order valence-electron chi connectivity index (χ4n) is 2.10. The lowest BCUT2D eigenvalue weighted by Crippen LogP contribution is -2.44. The van der Waals surface area contributed by atoms with Gasteiger partial charge in [0.1, 0.15) is 17.5 Å². The molecule has 23 heavy (non-hydrogen) atoms. The molecule has 7 nitrogen and oxygen atoms in total. The van der Waals surface area contributed by atoms with Crippen molar-refractivity contribution in [1.29, 1.82) is 0 Å². The fourth-order valence-corrected chi connectivity index (χ4v) is 2.10. The first kappa shape index (κ1) is 16.5. The lowest BCUT2D eigenvalue weighted by molar-refractivity contribution is -0.140. The minimum atomic E-state index is -1.07. The molecule has 0 saturated carbocycles. The molecular weight excluding hydrogens is 298 g/mol. The summed E-state index contributed by atoms with van der Waals surface area (Å²) in [6.07, 6.45) is 0. The van der Waals surface area contributed by atoms with Gasteiger partial charge in [0.25, 0.3) is 5.91 Å². The standard InChI is InChI=1S/C16H19N3O4/c1-9(2)14(16(21)22)17-15(20)13-8-12(18-19-13)10-5-4-6-11(7-10)23-3/h4-9,14H,1-3H3,(H,17,20)(H,18,19)(H,21,22)/t14-/m0/s1. The number of methoxy groups -OCH3 is 1. The van der Waals surface area contributed by atoms with Crippen molar-refractivity contribution in [1.82, 2.24) is 15.5 Å². The molecule has 1 aromatic heterocycles. The minimum absolute atomic E-state index is 0.203. The van der Waals surface area contributed by atoms with Gasteiger partial charge in [-0.25, -0.2) is 4.79 Å². The average Bonchev–Trinajstić information content (AvgIpc) is 3.01. The second-order valence-corrected chi connectivity index (χ2v) is 5.43. The number of rotatable bonds is 6. The molecule has 0 bridgehead atoms. The van der Waals surface area contributed by atoms with E-state index in [0.717, 1.165) is 5.56 Å². The molecule has 0 aliphatic heterocycles. The first-order valence-electron chi connectivity index (χ1n) is 7.16. The Morgan fingerprint density at radius 2 is 2.04 bits per heavy atom. The van der Waals surface area contributed by atoms with Crippen molar-refractivity contribution in [3.63, 3.8) is 0 Å². The van der Waals surface area contributed by atoms with E-state index in [4.69, 9.17) is 9.84 Å². The van der Waals surface area contributed by atoms with Crippen LogP contribution in [0.4, 0.5) is 0 Å². The molecule has 2 rings (SSSR count). The maximum atomic E-state index is 12.2. The van der Waals surface area contributed by atoms with Crippen molar-refractivity contribution in [3.8, 4) is 17.0 Å². The number of aromatic amines is 1. The van der Waals surface area contributed by atoms with Crippen molar-refractivity contribution >= 4 is 11.9 Å². The number of nitrogens with one attached hydrogen (secondary N) is 2. The molecule has 0 fully saturated rings. The maximum absolute atomic E-state index is 12.2. The summed E-state index contributed by atoms with van der Waals surface area (Å²) in [5, 5.41) is 18.3. The molecule has 1 aromatic carbocycles. The summed E-state index contributed by atoms with van der Waals surface area (Å²) in [5.74, 6) is -1.12. The van der Waals surface area contributed by atoms with E-state index in [1.54, 1.807) is 33.1 Å². The van der Waals surface area contributed by atoms with Gasteiger partial charge in [-0.15, -0.1) is 0 Å². The number of aliphatic carboxylic acids is 1. The zero-order valence-electron chi connectivity index (χ0n) is 13.2. The molecule has 0 unspecified atom stereocenters. The van der Waals surface area contributed by atoms with Crippen LogP contribution in [0.3, 0.4) is 0 Å². The third-order valence-corrected chi connectivity index (χ3v) is 3.41. The number of hydrogen-bond donors (Lipinski definition) is 3. The molecule has 0 aliphatic rings. The number of benzene rings is 1. The van der Waals surface area contributed by atoms with Gasteiger partial charge in [-0.3, -0.25) is 9.89 Å². The topological polar surface area (TPSA) is 104 Å².